The maximum absolute atomic E-state index is 5.86. The average Bonchev–Trinajstić information content (AvgIpc) is 2.48. The molecule has 2 N–H and O–H groups in total. The highest BCUT2D eigenvalue weighted by Gasteiger charge is 2.15. The van der Waals surface area contributed by atoms with Gasteiger partial charge in [0.25, 0.3) is 0 Å². The summed E-state index contributed by atoms with van der Waals surface area (Å²) in [6.07, 6.45) is 1.11. The molecule has 0 saturated carbocycles. The van der Waals surface area contributed by atoms with Gasteiger partial charge in [0.1, 0.15) is 12.4 Å². The number of nitrogens with two attached hydrogens (primary N) is 1. The maximum Gasteiger partial charge on any atom is 0.122 e. The molecule has 0 radical (unpaired) electrons. The minimum absolute atomic E-state index is 0.771. The van der Waals surface area contributed by atoms with Gasteiger partial charge in [0.15, 0.2) is 0 Å². The first-order chi connectivity index (χ1) is 9.79. The van der Waals surface area contributed by atoms with E-state index in [-0.39, 0.29) is 0 Å². The number of piperazine rings is 1. The molecular formula is C16H27N3O. The van der Waals surface area contributed by atoms with E-state index in [2.05, 4.69) is 22.8 Å². The number of rotatable bonds is 7. The van der Waals surface area contributed by atoms with Gasteiger partial charge in [-0.2, -0.15) is 0 Å². The van der Waals surface area contributed by atoms with Crippen LogP contribution in [0, 0.1) is 6.92 Å². The van der Waals surface area contributed by atoms with Gasteiger partial charge in [0, 0.05) is 32.7 Å². The van der Waals surface area contributed by atoms with Gasteiger partial charge in [0.2, 0.25) is 0 Å². The predicted molar refractivity (Wildman–Crippen MR) is 83.2 cm³/mol. The number of para-hydroxylation sites is 1. The Labute approximate surface area is 122 Å². The molecule has 0 bridgehead atoms. The Kier molecular flexibility index (Phi) is 6.30. The SMILES string of the molecule is Cc1ccccc1OCCN1CCN(CCCN)CC1. The van der Waals surface area contributed by atoms with E-state index in [1.165, 1.54) is 5.56 Å². The van der Waals surface area contributed by atoms with Crippen molar-refractivity contribution in [3.63, 3.8) is 0 Å². The van der Waals surface area contributed by atoms with Crippen molar-refractivity contribution in [3.05, 3.63) is 29.8 Å². The second-order valence-corrected chi connectivity index (χ2v) is 5.44. The molecule has 20 heavy (non-hydrogen) atoms. The third-order valence-electron chi connectivity index (χ3n) is 3.90. The van der Waals surface area contributed by atoms with Crippen molar-refractivity contribution < 1.29 is 4.74 Å². The molecule has 1 aromatic carbocycles. The van der Waals surface area contributed by atoms with Gasteiger partial charge in [-0.1, -0.05) is 18.2 Å². The van der Waals surface area contributed by atoms with E-state index in [4.69, 9.17) is 10.5 Å². The Morgan fingerprint density at radius 3 is 2.35 bits per heavy atom. The molecule has 1 aromatic rings. The van der Waals surface area contributed by atoms with E-state index >= 15 is 0 Å². The van der Waals surface area contributed by atoms with Gasteiger partial charge in [-0.15, -0.1) is 0 Å². The van der Waals surface area contributed by atoms with E-state index in [9.17, 15) is 0 Å². The highest BCUT2D eigenvalue weighted by atomic mass is 16.5. The lowest BCUT2D eigenvalue weighted by Crippen LogP contribution is -2.47. The van der Waals surface area contributed by atoms with E-state index in [1.54, 1.807) is 0 Å². The molecule has 0 amide bonds. The van der Waals surface area contributed by atoms with E-state index in [0.717, 1.165) is 64.6 Å². The van der Waals surface area contributed by atoms with Gasteiger partial charge in [0.05, 0.1) is 0 Å². The third-order valence-corrected chi connectivity index (χ3v) is 3.90. The number of aryl methyl sites for hydroxylation is 1. The number of hydrogen-bond donors (Lipinski definition) is 1. The molecule has 0 atom stereocenters. The predicted octanol–water partition coefficient (Wildman–Crippen LogP) is 1.34. The van der Waals surface area contributed by atoms with Crippen molar-refractivity contribution in [2.24, 2.45) is 5.73 Å². The molecule has 1 heterocycles. The van der Waals surface area contributed by atoms with E-state index < -0.39 is 0 Å². The van der Waals surface area contributed by atoms with Crippen LogP contribution in [0.1, 0.15) is 12.0 Å². The molecule has 0 aliphatic carbocycles. The summed E-state index contributed by atoms with van der Waals surface area (Å²) in [5.41, 5.74) is 6.76. The molecule has 4 nitrogen and oxygen atoms in total. The average molecular weight is 277 g/mol. The van der Waals surface area contributed by atoms with Crippen LogP contribution in [0.15, 0.2) is 24.3 Å². The van der Waals surface area contributed by atoms with E-state index in [0.29, 0.717) is 0 Å². The zero-order valence-electron chi connectivity index (χ0n) is 12.6. The molecule has 0 unspecified atom stereocenters. The van der Waals surface area contributed by atoms with Crippen LogP contribution in [-0.4, -0.2) is 62.2 Å². The van der Waals surface area contributed by atoms with Crippen LogP contribution in [0.5, 0.6) is 5.75 Å². The van der Waals surface area contributed by atoms with Crippen molar-refractivity contribution in [2.45, 2.75) is 13.3 Å². The van der Waals surface area contributed by atoms with Crippen molar-refractivity contribution in [1.82, 2.24) is 9.80 Å². The molecule has 112 valence electrons. The number of ether oxygens (including phenoxy) is 1. The first-order valence-corrected chi connectivity index (χ1v) is 7.63. The molecule has 0 aromatic heterocycles. The monoisotopic (exact) mass is 277 g/mol. The number of hydrogen-bond acceptors (Lipinski definition) is 4. The van der Waals surface area contributed by atoms with E-state index in [1.807, 2.05) is 18.2 Å². The van der Waals surface area contributed by atoms with Crippen LogP contribution in [0.4, 0.5) is 0 Å². The Balaban J connectivity index is 1.63. The van der Waals surface area contributed by atoms with Gasteiger partial charge < -0.3 is 15.4 Å². The summed E-state index contributed by atoms with van der Waals surface area (Å²) in [7, 11) is 0. The summed E-state index contributed by atoms with van der Waals surface area (Å²) >= 11 is 0. The van der Waals surface area contributed by atoms with Crippen molar-refractivity contribution in [1.29, 1.82) is 0 Å². The fourth-order valence-electron chi connectivity index (χ4n) is 2.55. The molecule has 0 spiro atoms. The van der Waals surface area contributed by atoms with Crippen LogP contribution in [0.2, 0.25) is 0 Å². The van der Waals surface area contributed by atoms with Crippen LogP contribution < -0.4 is 10.5 Å². The summed E-state index contributed by atoms with van der Waals surface area (Å²) in [4.78, 5) is 4.99. The normalized spacial score (nSPS) is 17.3. The second kappa shape index (κ2) is 8.25. The van der Waals surface area contributed by atoms with Crippen LogP contribution in [0.25, 0.3) is 0 Å². The fraction of sp³-hybridized carbons (Fsp3) is 0.625. The Morgan fingerprint density at radius 1 is 1.05 bits per heavy atom. The maximum atomic E-state index is 5.86. The fourth-order valence-corrected chi connectivity index (χ4v) is 2.55. The second-order valence-electron chi connectivity index (χ2n) is 5.44. The lowest BCUT2D eigenvalue weighted by atomic mass is 10.2. The summed E-state index contributed by atoms with van der Waals surface area (Å²) in [5, 5.41) is 0. The molecule has 1 aliphatic rings. The largest absolute Gasteiger partial charge is 0.492 e. The minimum Gasteiger partial charge on any atom is -0.492 e. The standard InChI is InChI=1S/C16H27N3O/c1-15-5-2-3-6-16(15)20-14-13-19-11-9-18(10-12-19)8-4-7-17/h2-3,5-6H,4,7-14,17H2,1H3. The lowest BCUT2D eigenvalue weighted by molar-refractivity contribution is 0.116. The van der Waals surface area contributed by atoms with Crippen LogP contribution >= 0.6 is 0 Å². The zero-order valence-corrected chi connectivity index (χ0v) is 12.6. The van der Waals surface area contributed by atoms with Crippen LogP contribution in [0.3, 0.4) is 0 Å². The molecule has 2 rings (SSSR count). The van der Waals surface area contributed by atoms with Gasteiger partial charge >= 0.3 is 0 Å². The molecule has 4 heteroatoms. The molecule has 1 fully saturated rings. The first-order valence-electron chi connectivity index (χ1n) is 7.63. The summed E-state index contributed by atoms with van der Waals surface area (Å²) in [6.45, 7) is 10.4. The zero-order chi connectivity index (χ0) is 14.2. The summed E-state index contributed by atoms with van der Waals surface area (Å²) < 4.78 is 5.86. The summed E-state index contributed by atoms with van der Waals surface area (Å²) in [5.74, 6) is 1.01. The molecule has 1 saturated heterocycles. The topological polar surface area (TPSA) is 41.7 Å². The quantitative estimate of drug-likeness (QED) is 0.817. The summed E-state index contributed by atoms with van der Waals surface area (Å²) in [6, 6.07) is 8.20. The highest BCUT2D eigenvalue weighted by molar-refractivity contribution is 5.31. The van der Waals surface area contributed by atoms with Gasteiger partial charge in [-0.3, -0.25) is 4.90 Å². The van der Waals surface area contributed by atoms with Crippen molar-refractivity contribution in [2.75, 3.05) is 52.4 Å². The lowest BCUT2D eigenvalue weighted by Gasteiger charge is -2.34. The van der Waals surface area contributed by atoms with Gasteiger partial charge in [-0.25, -0.2) is 0 Å². The molecule has 1 aliphatic heterocycles. The van der Waals surface area contributed by atoms with Crippen molar-refractivity contribution in [3.8, 4) is 5.75 Å². The van der Waals surface area contributed by atoms with Gasteiger partial charge in [-0.05, 0) is 38.1 Å². The van der Waals surface area contributed by atoms with Crippen LogP contribution in [-0.2, 0) is 0 Å². The van der Waals surface area contributed by atoms with Crippen molar-refractivity contribution >= 4 is 0 Å². The smallest absolute Gasteiger partial charge is 0.122 e. The Hall–Kier alpha value is -1.10. The minimum atomic E-state index is 0.771. The number of benzene rings is 1. The first kappa shape index (κ1) is 15.3. The Morgan fingerprint density at radius 2 is 1.70 bits per heavy atom. The third kappa shape index (κ3) is 4.78. The molecular weight excluding hydrogens is 250 g/mol. The Bertz CT molecular complexity index is 389. The number of nitrogens with zero attached hydrogens (tertiary/aromatic N) is 2. The highest BCUT2D eigenvalue weighted by Crippen LogP contribution is 2.16.